The van der Waals surface area contributed by atoms with E-state index >= 15 is 0 Å². The highest BCUT2D eigenvalue weighted by Gasteiger charge is 2.20. The van der Waals surface area contributed by atoms with Crippen molar-refractivity contribution in [2.24, 2.45) is 0 Å². The predicted octanol–water partition coefficient (Wildman–Crippen LogP) is 4.67. The Balaban J connectivity index is 1.40. The molecule has 0 saturated heterocycles. The quantitative estimate of drug-likeness (QED) is 0.294. The lowest BCUT2D eigenvalue weighted by Gasteiger charge is -2.26. The molecule has 4 N–H and O–H groups in total. The second-order valence-corrected chi connectivity index (χ2v) is 9.83. The number of thiazole rings is 1. The topological polar surface area (TPSA) is 103 Å². The first-order valence-electron chi connectivity index (χ1n) is 11.8. The zero-order chi connectivity index (χ0) is 23.3. The van der Waals surface area contributed by atoms with Crippen LogP contribution in [-0.4, -0.2) is 43.9 Å². The molecular formula is C26H29N5O2S. The van der Waals surface area contributed by atoms with Gasteiger partial charge < -0.3 is 20.8 Å². The molecule has 0 amide bonds. The highest BCUT2D eigenvalue weighted by Crippen LogP contribution is 2.30. The summed E-state index contributed by atoms with van der Waals surface area (Å²) in [7, 11) is 0. The monoisotopic (exact) mass is 475 g/mol. The molecule has 1 aliphatic rings. The number of benzene rings is 2. The molecule has 2 heterocycles. The highest BCUT2D eigenvalue weighted by atomic mass is 32.1. The van der Waals surface area contributed by atoms with Gasteiger partial charge in [-0.05, 0) is 55.4 Å². The molecule has 176 valence electrons. The zero-order valence-electron chi connectivity index (χ0n) is 18.9. The second-order valence-electron chi connectivity index (χ2n) is 8.80. The summed E-state index contributed by atoms with van der Waals surface area (Å²) in [6.45, 7) is 0.135. The van der Waals surface area contributed by atoms with E-state index < -0.39 is 0 Å². The van der Waals surface area contributed by atoms with E-state index in [-0.39, 0.29) is 18.8 Å². The fraction of sp³-hybridized carbons (Fsp3) is 0.346. The summed E-state index contributed by atoms with van der Waals surface area (Å²) >= 11 is 1.57. The normalized spacial score (nSPS) is 18.2. The van der Waals surface area contributed by atoms with Gasteiger partial charge in [0.05, 0.1) is 22.0 Å². The van der Waals surface area contributed by atoms with Gasteiger partial charge in [0.2, 0.25) is 5.95 Å². The highest BCUT2D eigenvalue weighted by molar-refractivity contribution is 7.22. The number of rotatable bonds is 8. The van der Waals surface area contributed by atoms with Crippen molar-refractivity contribution in [3.8, 4) is 0 Å². The van der Waals surface area contributed by atoms with Crippen molar-refractivity contribution in [2.75, 3.05) is 17.2 Å². The van der Waals surface area contributed by atoms with Crippen molar-refractivity contribution in [3.05, 3.63) is 71.4 Å². The van der Waals surface area contributed by atoms with E-state index in [1.54, 1.807) is 11.3 Å². The molecule has 0 aliphatic heterocycles. The molecule has 5 rings (SSSR count). The fourth-order valence-electron chi connectivity index (χ4n) is 4.34. The Morgan fingerprint density at radius 2 is 1.74 bits per heavy atom. The summed E-state index contributed by atoms with van der Waals surface area (Å²) in [4.78, 5) is 14.2. The van der Waals surface area contributed by atoms with E-state index in [1.807, 2.05) is 36.4 Å². The molecule has 1 saturated carbocycles. The summed E-state index contributed by atoms with van der Waals surface area (Å²) in [6.07, 6.45) is 4.57. The van der Waals surface area contributed by atoms with Crippen LogP contribution in [0.15, 0.2) is 54.6 Å². The minimum Gasteiger partial charge on any atom is -0.396 e. The first-order valence-corrected chi connectivity index (χ1v) is 12.6. The zero-order valence-corrected chi connectivity index (χ0v) is 19.8. The van der Waals surface area contributed by atoms with Gasteiger partial charge in [0.15, 0.2) is 5.13 Å². The Bertz CT molecular complexity index is 1240. The van der Waals surface area contributed by atoms with Crippen LogP contribution in [0.5, 0.6) is 0 Å². The van der Waals surface area contributed by atoms with Gasteiger partial charge in [-0.3, -0.25) is 0 Å². The third-order valence-electron chi connectivity index (χ3n) is 6.13. The predicted molar refractivity (Wildman–Crippen MR) is 137 cm³/mol. The maximum Gasteiger partial charge on any atom is 0.225 e. The van der Waals surface area contributed by atoms with Crippen LogP contribution in [0.2, 0.25) is 0 Å². The van der Waals surface area contributed by atoms with Crippen molar-refractivity contribution < 1.29 is 10.2 Å². The molecule has 8 heteroatoms. The van der Waals surface area contributed by atoms with Crippen LogP contribution < -0.4 is 10.6 Å². The average Bonchev–Trinajstić information content (AvgIpc) is 3.23. The SMILES string of the molecule is OCCc1ccc2nc(Nc3cc(Cc4ccccc4)nc(NC4CCC(O)CC4)n3)sc2c1. The van der Waals surface area contributed by atoms with Crippen LogP contribution in [-0.2, 0) is 12.8 Å². The van der Waals surface area contributed by atoms with Gasteiger partial charge >= 0.3 is 0 Å². The molecule has 0 radical (unpaired) electrons. The van der Waals surface area contributed by atoms with E-state index in [2.05, 4.69) is 28.8 Å². The Hall–Kier alpha value is -3.07. The maximum atomic E-state index is 9.83. The first-order chi connectivity index (χ1) is 16.6. The standard InChI is InChI=1S/C26H29N5O2S/c32-13-12-18-6-11-22-23(15-18)34-26(29-22)31-24-16-20(14-17-4-2-1-3-5-17)28-25(30-24)27-19-7-9-21(33)10-8-19/h1-6,11,15-16,19,21,32-33H,7-10,12-14H2,(H2,27,28,29,30,31). The first kappa shape index (κ1) is 22.7. The van der Waals surface area contributed by atoms with Gasteiger partial charge in [-0.2, -0.15) is 4.98 Å². The van der Waals surface area contributed by atoms with E-state index in [9.17, 15) is 10.2 Å². The number of aliphatic hydroxyl groups excluding tert-OH is 2. The average molecular weight is 476 g/mol. The number of aromatic nitrogens is 3. The number of hydrogen-bond acceptors (Lipinski definition) is 8. The van der Waals surface area contributed by atoms with Gasteiger partial charge in [0.1, 0.15) is 5.82 Å². The molecule has 2 aromatic carbocycles. The molecule has 1 aliphatic carbocycles. The number of aliphatic hydroxyl groups is 2. The Morgan fingerprint density at radius 1 is 0.912 bits per heavy atom. The number of anilines is 3. The van der Waals surface area contributed by atoms with E-state index in [0.29, 0.717) is 24.6 Å². The van der Waals surface area contributed by atoms with Gasteiger partial charge in [-0.15, -0.1) is 0 Å². The fourth-order valence-corrected chi connectivity index (χ4v) is 5.28. The summed E-state index contributed by atoms with van der Waals surface area (Å²) in [5.41, 5.74) is 4.14. The number of fused-ring (bicyclic) bond motifs is 1. The molecule has 7 nitrogen and oxygen atoms in total. The van der Waals surface area contributed by atoms with Crippen LogP contribution in [0.3, 0.4) is 0 Å². The van der Waals surface area contributed by atoms with E-state index in [1.165, 1.54) is 5.56 Å². The van der Waals surface area contributed by atoms with E-state index in [0.717, 1.165) is 52.3 Å². The van der Waals surface area contributed by atoms with Crippen molar-refractivity contribution in [3.63, 3.8) is 0 Å². The molecule has 0 atom stereocenters. The van der Waals surface area contributed by atoms with Gasteiger partial charge in [0, 0.05) is 25.1 Å². The van der Waals surface area contributed by atoms with Gasteiger partial charge in [-0.25, -0.2) is 9.97 Å². The third kappa shape index (κ3) is 5.70. The smallest absolute Gasteiger partial charge is 0.225 e. The number of nitrogens with one attached hydrogen (secondary N) is 2. The molecule has 34 heavy (non-hydrogen) atoms. The summed E-state index contributed by atoms with van der Waals surface area (Å²) in [6, 6.07) is 18.6. The molecule has 0 spiro atoms. The Labute approximate surface area is 202 Å². The Morgan fingerprint density at radius 3 is 2.53 bits per heavy atom. The van der Waals surface area contributed by atoms with Crippen LogP contribution in [0, 0.1) is 0 Å². The lowest BCUT2D eigenvalue weighted by atomic mass is 9.93. The minimum absolute atomic E-state index is 0.135. The summed E-state index contributed by atoms with van der Waals surface area (Å²) in [5.74, 6) is 1.30. The number of hydrogen-bond donors (Lipinski definition) is 4. The van der Waals surface area contributed by atoms with E-state index in [4.69, 9.17) is 15.0 Å². The maximum absolute atomic E-state index is 9.83. The third-order valence-corrected chi connectivity index (χ3v) is 7.06. The molecule has 1 fully saturated rings. The van der Waals surface area contributed by atoms with Crippen molar-refractivity contribution >= 4 is 38.5 Å². The van der Waals surface area contributed by atoms with Crippen LogP contribution in [0.25, 0.3) is 10.2 Å². The lowest BCUT2D eigenvalue weighted by molar-refractivity contribution is 0.126. The van der Waals surface area contributed by atoms with Crippen LogP contribution in [0.4, 0.5) is 16.9 Å². The molecule has 2 aromatic heterocycles. The molecular weight excluding hydrogens is 446 g/mol. The van der Waals surface area contributed by atoms with Crippen molar-refractivity contribution in [2.45, 2.75) is 50.7 Å². The van der Waals surface area contributed by atoms with Gasteiger partial charge in [-0.1, -0.05) is 47.7 Å². The van der Waals surface area contributed by atoms with Gasteiger partial charge in [0.25, 0.3) is 0 Å². The summed E-state index contributed by atoms with van der Waals surface area (Å²) in [5, 5.41) is 26.7. The second kappa shape index (κ2) is 10.5. The molecule has 0 bridgehead atoms. The van der Waals surface area contributed by atoms with Crippen molar-refractivity contribution in [1.29, 1.82) is 0 Å². The van der Waals surface area contributed by atoms with Crippen LogP contribution >= 0.6 is 11.3 Å². The number of nitrogens with zero attached hydrogens (tertiary/aromatic N) is 3. The minimum atomic E-state index is -0.197. The molecule has 4 aromatic rings. The van der Waals surface area contributed by atoms with Crippen LogP contribution in [0.1, 0.15) is 42.5 Å². The summed E-state index contributed by atoms with van der Waals surface area (Å²) < 4.78 is 1.08. The van der Waals surface area contributed by atoms with Crippen molar-refractivity contribution in [1.82, 2.24) is 15.0 Å². The largest absolute Gasteiger partial charge is 0.396 e. The Kier molecular flexibility index (Phi) is 6.99. The lowest BCUT2D eigenvalue weighted by Crippen LogP contribution is -2.29. The molecule has 0 unspecified atom stereocenters.